The molecule has 0 bridgehead atoms. The van der Waals surface area contributed by atoms with E-state index in [4.69, 9.17) is 0 Å². The SMILES string of the molecule is CC1(C)CCCC(CN2CCCCC2CCO)C1=O. The first-order chi connectivity index (χ1) is 9.04. The fourth-order valence-electron chi connectivity index (χ4n) is 3.83. The molecular weight excluding hydrogens is 238 g/mol. The molecule has 0 aromatic heterocycles. The van der Waals surface area contributed by atoms with Crippen molar-refractivity contribution in [3.05, 3.63) is 0 Å². The van der Waals surface area contributed by atoms with E-state index in [1.54, 1.807) is 0 Å². The van der Waals surface area contributed by atoms with Crippen molar-refractivity contribution in [3.63, 3.8) is 0 Å². The van der Waals surface area contributed by atoms with Crippen LogP contribution in [0.5, 0.6) is 0 Å². The van der Waals surface area contributed by atoms with Crippen molar-refractivity contribution in [1.82, 2.24) is 4.90 Å². The van der Waals surface area contributed by atoms with Crippen LogP contribution in [0, 0.1) is 11.3 Å². The van der Waals surface area contributed by atoms with E-state index in [1.165, 1.54) is 25.7 Å². The minimum Gasteiger partial charge on any atom is -0.396 e. The van der Waals surface area contributed by atoms with Crippen LogP contribution in [-0.4, -0.2) is 41.5 Å². The van der Waals surface area contributed by atoms with E-state index in [0.29, 0.717) is 11.8 Å². The third kappa shape index (κ3) is 3.57. The normalized spacial score (nSPS) is 32.5. The Balaban J connectivity index is 1.96. The summed E-state index contributed by atoms with van der Waals surface area (Å²) >= 11 is 0. The summed E-state index contributed by atoms with van der Waals surface area (Å²) < 4.78 is 0. The number of rotatable bonds is 4. The van der Waals surface area contributed by atoms with Crippen LogP contribution >= 0.6 is 0 Å². The van der Waals surface area contributed by atoms with Crippen LogP contribution in [-0.2, 0) is 4.79 Å². The Kier molecular flexibility index (Phi) is 5.02. The molecule has 0 aromatic rings. The van der Waals surface area contributed by atoms with E-state index in [-0.39, 0.29) is 17.9 Å². The predicted molar refractivity (Wildman–Crippen MR) is 77.0 cm³/mol. The van der Waals surface area contributed by atoms with Gasteiger partial charge >= 0.3 is 0 Å². The zero-order valence-corrected chi connectivity index (χ0v) is 12.5. The van der Waals surface area contributed by atoms with Gasteiger partial charge in [-0.1, -0.05) is 26.7 Å². The van der Waals surface area contributed by atoms with Gasteiger partial charge in [0.25, 0.3) is 0 Å². The van der Waals surface area contributed by atoms with Gasteiger partial charge in [-0.05, 0) is 38.6 Å². The maximum absolute atomic E-state index is 12.5. The standard InChI is InChI=1S/C16H29NO2/c1-16(2)9-5-6-13(15(16)19)12-17-10-4-3-7-14(17)8-11-18/h13-14,18H,3-12H2,1-2H3. The van der Waals surface area contributed by atoms with E-state index in [1.807, 2.05) is 0 Å². The lowest BCUT2D eigenvalue weighted by Gasteiger charge is -2.41. The Morgan fingerprint density at radius 1 is 1.26 bits per heavy atom. The zero-order valence-electron chi connectivity index (χ0n) is 12.5. The summed E-state index contributed by atoms with van der Waals surface area (Å²) in [5.74, 6) is 0.690. The number of nitrogens with zero attached hydrogens (tertiary/aromatic N) is 1. The van der Waals surface area contributed by atoms with Crippen molar-refractivity contribution in [1.29, 1.82) is 0 Å². The van der Waals surface area contributed by atoms with E-state index >= 15 is 0 Å². The van der Waals surface area contributed by atoms with Crippen LogP contribution in [0.15, 0.2) is 0 Å². The van der Waals surface area contributed by atoms with Crippen molar-refractivity contribution in [2.45, 2.75) is 64.8 Å². The topological polar surface area (TPSA) is 40.5 Å². The second-order valence-electron chi connectivity index (χ2n) is 6.99. The summed E-state index contributed by atoms with van der Waals surface area (Å²) in [7, 11) is 0. The van der Waals surface area contributed by atoms with E-state index in [9.17, 15) is 9.90 Å². The molecule has 0 spiro atoms. The average Bonchev–Trinajstić information content (AvgIpc) is 2.37. The molecule has 2 unspecified atom stereocenters. The van der Waals surface area contributed by atoms with Crippen molar-refractivity contribution in [2.75, 3.05) is 19.7 Å². The van der Waals surface area contributed by atoms with Gasteiger partial charge in [-0.15, -0.1) is 0 Å². The molecule has 1 N–H and O–H groups in total. The number of carbonyl (C=O) groups excluding carboxylic acids is 1. The van der Waals surface area contributed by atoms with Crippen LogP contribution in [0.3, 0.4) is 0 Å². The first-order valence-electron chi connectivity index (χ1n) is 7.94. The quantitative estimate of drug-likeness (QED) is 0.851. The number of likely N-dealkylation sites (tertiary alicyclic amines) is 1. The molecule has 19 heavy (non-hydrogen) atoms. The van der Waals surface area contributed by atoms with Crippen molar-refractivity contribution in [3.8, 4) is 0 Å². The summed E-state index contributed by atoms with van der Waals surface area (Å²) in [6, 6.07) is 0.497. The molecule has 3 nitrogen and oxygen atoms in total. The van der Waals surface area contributed by atoms with Gasteiger partial charge < -0.3 is 5.11 Å². The van der Waals surface area contributed by atoms with Gasteiger partial charge in [0.1, 0.15) is 5.78 Å². The molecule has 3 heteroatoms. The minimum absolute atomic E-state index is 0.120. The van der Waals surface area contributed by atoms with Gasteiger partial charge in [0.05, 0.1) is 0 Å². The molecule has 1 heterocycles. The number of hydrogen-bond donors (Lipinski definition) is 1. The molecule has 2 atom stereocenters. The number of carbonyl (C=O) groups is 1. The second-order valence-corrected chi connectivity index (χ2v) is 6.99. The highest BCUT2D eigenvalue weighted by atomic mass is 16.3. The highest BCUT2D eigenvalue weighted by Gasteiger charge is 2.38. The monoisotopic (exact) mass is 267 g/mol. The lowest BCUT2D eigenvalue weighted by molar-refractivity contribution is -0.135. The maximum Gasteiger partial charge on any atom is 0.142 e. The zero-order chi connectivity index (χ0) is 13.9. The number of aliphatic hydroxyl groups excluding tert-OH is 1. The Morgan fingerprint density at radius 2 is 2.05 bits per heavy atom. The van der Waals surface area contributed by atoms with Crippen LogP contribution in [0.25, 0.3) is 0 Å². The third-order valence-corrected chi connectivity index (χ3v) is 5.06. The van der Waals surface area contributed by atoms with E-state index in [2.05, 4.69) is 18.7 Å². The summed E-state index contributed by atoms with van der Waals surface area (Å²) in [5, 5.41) is 9.18. The van der Waals surface area contributed by atoms with E-state index < -0.39 is 0 Å². The third-order valence-electron chi connectivity index (χ3n) is 5.06. The smallest absolute Gasteiger partial charge is 0.142 e. The molecule has 0 radical (unpaired) electrons. The summed E-state index contributed by atoms with van der Waals surface area (Å²) in [6.45, 7) is 6.50. The van der Waals surface area contributed by atoms with Crippen molar-refractivity contribution < 1.29 is 9.90 Å². The van der Waals surface area contributed by atoms with Gasteiger partial charge in [-0.3, -0.25) is 9.69 Å². The van der Waals surface area contributed by atoms with E-state index in [0.717, 1.165) is 32.4 Å². The molecule has 1 saturated carbocycles. The van der Waals surface area contributed by atoms with Crippen LogP contribution < -0.4 is 0 Å². The summed E-state index contributed by atoms with van der Waals surface area (Å²) in [6.07, 6.45) is 7.85. The van der Waals surface area contributed by atoms with Crippen molar-refractivity contribution in [2.24, 2.45) is 11.3 Å². The van der Waals surface area contributed by atoms with Crippen LogP contribution in [0.1, 0.15) is 58.8 Å². The molecule has 2 fully saturated rings. The van der Waals surface area contributed by atoms with Gasteiger partial charge in [-0.2, -0.15) is 0 Å². The molecule has 1 aliphatic heterocycles. The lowest BCUT2D eigenvalue weighted by Crippen LogP contribution is -2.47. The Bertz CT molecular complexity index is 312. The van der Waals surface area contributed by atoms with Crippen molar-refractivity contribution >= 4 is 5.78 Å². The molecule has 0 aromatic carbocycles. The Labute approximate surface area is 117 Å². The van der Waals surface area contributed by atoms with Gasteiger partial charge in [-0.25, -0.2) is 0 Å². The van der Waals surface area contributed by atoms with Gasteiger partial charge in [0.2, 0.25) is 0 Å². The molecule has 110 valence electrons. The molecule has 2 aliphatic rings. The Hall–Kier alpha value is -0.410. The first-order valence-corrected chi connectivity index (χ1v) is 7.94. The maximum atomic E-state index is 12.5. The number of hydrogen-bond acceptors (Lipinski definition) is 3. The number of Topliss-reactive ketones (excluding diaryl/α,β-unsaturated/α-hetero) is 1. The number of aliphatic hydroxyl groups is 1. The molecule has 0 amide bonds. The van der Waals surface area contributed by atoms with Gasteiger partial charge in [0, 0.05) is 30.5 Å². The Morgan fingerprint density at radius 3 is 2.79 bits per heavy atom. The fraction of sp³-hybridized carbons (Fsp3) is 0.938. The molecule has 1 saturated heterocycles. The van der Waals surface area contributed by atoms with Crippen LogP contribution in [0.4, 0.5) is 0 Å². The highest BCUT2D eigenvalue weighted by molar-refractivity contribution is 5.87. The summed E-state index contributed by atoms with van der Waals surface area (Å²) in [4.78, 5) is 15.0. The molecular formula is C16H29NO2. The fourth-order valence-corrected chi connectivity index (χ4v) is 3.83. The number of ketones is 1. The summed E-state index contributed by atoms with van der Waals surface area (Å²) in [5.41, 5.74) is -0.120. The van der Waals surface area contributed by atoms with Crippen LogP contribution in [0.2, 0.25) is 0 Å². The average molecular weight is 267 g/mol. The lowest BCUT2D eigenvalue weighted by atomic mass is 9.70. The second kappa shape index (κ2) is 6.36. The van der Waals surface area contributed by atoms with Gasteiger partial charge in [0.15, 0.2) is 0 Å². The minimum atomic E-state index is -0.120. The molecule has 1 aliphatic carbocycles. The first kappa shape index (κ1) is 15.0. The molecule has 2 rings (SSSR count). The predicted octanol–water partition coefficient (Wildman–Crippen LogP) is 2.62. The highest BCUT2D eigenvalue weighted by Crippen LogP contribution is 2.36. The largest absolute Gasteiger partial charge is 0.396 e. The number of piperidine rings is 1.